The Hall–Kier alpha value is -4.38. The molecule has 4 aromatic carbocycles. The Labute approximate surface area is 230 Å². The molecule has 0 aliphatic carbocycles. The lowest BCUT2D eigenvalue weighted by Crippen LogP contribution is -2.29. The normalized spacial score (nSPS) is 16.8. The number of anilines is 2. The SMILES string of the molecule is CCN(CC)c1ccc(C2/C(=C(/O)c3cccc4ccccc34)C(=O)C(=O)N2c2ccc(C(C)C)cc2)cc1. The number of carbonyl (C=O) groups is 2. The fraction of sp³-hybridized carbons (Fsp3) is 0.235. The highest BCUT2D eigenvalue weighted by molar-refractivity contribution is 6.51. The van der Waals surface area contributed by atoms with Crippen LogP contribution in [0.4, 0.5) is 11.4 Å². The molecule has 4 aromatic rings. The molecule has 1 aliphatic heterocycles. The Morgan fingerprint density at radius 3 is 2.13 bits per heavy atom. The van der Waals surface area contributed by atoms with Crippen LogP contribution in [-0.2, 0) is 9.59 Å². The molecule has 0 aromatic heterocycles. The van der Waals surface area contributed by atoms with Crippen molar-refractivity contribution in [2.45, 2.75) is 39.7 Å². The molecule has 5 heteroatoms. The van der Waals surface area contributed by atoms with Gasteiger partial charge in [0.1, 0.15) is 5.76 Å². The van der Waals surface area contributed by atoms with Crippen LogP contribution in [0.2, 0.25) is 0 Å². The molecule has 1 saturated heterocycles. The first-order chi connectivity index (χ1) is 18.8. The van der Waals surface area contributed by atoms with E-state index < -0.39 is 17.7 Å². The Morgan fingerprint density at radius 1 is 0.846 bits per heavy atom. The molecule has 0 saturated carbocycles. The molecule has 0 radical (unpaired) electrons. The first-order valence-electron chi connectivity index (χ1n) is 13.6. The minimum Gasteiger partial charge on any atom is -0.507 e. The van der Waals surface area contributed by atoms with Crippen LogP contribution >= 0.6 is 0 Å². The van der Waals surface area contributed by atoms with E-state index in [0.717, 1.165) is 40.7 Å². The number of ketones is 1. The monoisotopic (exact) mass is 518 g/mol. The molecule has 198 valence electrons. The Kier molecular flexibility index (Phi) is 7.25. The fourth-order valence-electron chi connectivity index (χ4n) is 5.47. The van der Waals surface area contributed by atoms with Crippen LogP contribution < -0.4 is 9.80 Å². The van der Waals surface area contributed by atoms with Gasteiger partial charge in [0.25, 0.3) is 11.7 Å². The van der Waals surface area contributed by atoms with Crippen molar-refractivity contribution in [2.24, 2.45) is 0 Å². The van der Waals surface area contributed by atoms with E-state index in [2.05, 4.69) is 32.6 Å². The first-order valence-corrected chi connectivity index (χ1v) is 13.6. The van der Waals surface area contributed by atoms with Crippen molar-refractivity contribution >= 4 is 39.6 Å². The molecule has 0 spiro atoms. The summed E-state index contributed by atoms with van der Waals surface area (Å²) >= 11 is 0. The summed E-state index contributed by atoms with van der Waals surface area (Å²) in [6.07, 6.45) is 0. The maximum Gasteiger partial charge on any atom is 0.300 e. The second-order valence-electron chi connectivity index (χ2n) is 10.2. The number of nitrogens with zero attached hydrogens (tertiary/aromatic N) is 2. The lowest BCUT2D eigenvalue weighted by Gasteiger charge is -2.27. The van der Waals surface area contributed by atoms with Gasteiger partial charge in [-0.25, -0.2) is 0 Å². The van der Waals surface area contributed by atoms with E-state index in [-0.39, 0.29) is 11.3 Å². The van der Waals surface area contributed by atoms with Crippen LogP contribution in [0, 0.1) is 0 Å². The fourth-order valence-corrected chi connectivity index (χ4v) is 5.47. The molecule has 1 aliphatic rings. The number of amides is 1. The lowest BCUT2D eigenvalue weighted by molar-refractivity contribution is -0.132. The molecule has 0 bridgehead atoms. The van der Waals surface area contributed by atoms with Crippen molar-refractivity contribution in [1.82, 2.24) is 0 Å². The highest BCUT2D eigenvalue weighted by atomic mass is 16.3. The lowest BCUT2D eigenvalue weighted by atomic mass is 9.93. The van der Waals surface area contributed by atoms with Crippen LogP contribution in [0.1, 0.15) is 56.3 Å². The molecule has 1 unspecified atom stereocenters. The third kappa shape index (κ3) is 4.69. The van der Waals surface area contributed by atoms with Crippen molar-refractivity contribution in [3.8, 4) is 0 Å². The molecule has 1 fully saturated rings. The number of rotatable bonds is 7. The van der Waals surface area contributed by atoms with E-state index in [1.807, 2.05) is 84.9 Å². The van der Waals surface area contributed by atoms with Crippen molar-refractivity contribution < 1.29 is 14.7 Å². The predicted octanol–water partition coefficient (Wildman–Crippen LogP) is 7.44. The van der Waals surface area contributed by atoms with E-state index in [1.54, 1.807) is 6.07 Å². The molecule has 5 rings (SSSR count). The maximum atomic E-state index is 13.6. The summed E-state index contributed by atoms with van der Waals surface area (Å²) in [6, 6.07) is 28.3. The predicted molar refractivity (Wildman–Crippen MR) is 159 cm³/mol. The standard InChI is InChI=1S/C34H34N2O3/c1-5-35(6-2)26-18-16-25(17-19-26)31-30(32(37)29-13-9-11-24-10-7-8-12-28(24)29)33(38)34(39)36(31)27-20-14-23(15-21-27)22(3)4/h7-22,31,37H,5-6H2,1-4H3/b32-30-. The zero-order valence-electron chi connectivity index (χ0n) is 22.9. The highest BCUT2D eigenvalue weighted by Gasteiger charge is 2.47. The Morgan fingerprint density at radius 2 is 1.49 bits per heavy atom. The summed E-state index contributed by atoms with van der Waals surface area (Å²) in [5.74, 6) is -1.16. The average molecular weight is 519 g/mol. The summed E-state index contributed by atoms with van der Waals surface area (Å²) in [7, 11) is 0. The van der Waals surface area contributed by atoms with E-state index >= 15 is 0 Å². The number of fused-ring (bicyclic) bond motifs is 1. The molecule has 1 heterocycles. The summed E-state index contributed by atoms with van der Waals surface area (Å²) < 4.78 is 0. The molecule has 39 heavy (non-hydrogen) atoms. The van der Waals surface area contributed by atoms with Gasteiger partial charge in [-0.3, -0.25) is 14.5 Å². The topological polar surface area (TPSA) is 60.9 Å². The van der Waals surface area contributed by atoms with Crippen molar-refractivity contribution in [1.29, 1.82) is 0 Å². The van der Waals surface area contributed by atoms with E-state index in [1.165, 1.54) is 4.90 Å². The van der Waals surface area contributed by atoms with Gasteiger partial charge in [-0.1, -0.05) is 80.6 Å². The number of aliphatic hydroxyl groups excluding tert-OH is 1. The first kappa shape index (κ1) is 26.2. The zero-order chi connectivity index (χ0) is 27.7. The van der Waals surface area contributed by atoms with E-state index in [0.29, 0.717) is 17.2 Å². The van der Waals surface area contributed by atoms with Crippen LogP contribution in [-0.4, -0.2) is 29.9 Å². The molecular weight excluding hydrogens is 484 g/mol. The van der Waals surface area contributed by atoms with Gasteiger partial charge in [0, 0.05) is 30.0 Å². The summed E-state index contributed by atoms with van der Waals surface area (Å²) in [5.41, 5.74) is 4.23. The number of hydrogen-bond donors (Lipinski definition) is 1. The number of benzene rings is 4. The third-order valence-corrected chi connectivity index (χ3v) is 7.66. The molecular formula is C34H34N2O3. The summed E-state index contributed by atoms with van der Waals surface area (Å²) in [6.45, 7) is 10.2. The second kappa shape index (κ2) is 10.8. The van der Waals surface area contributed by atoms with Gasteiger partial charge in [0.05, 0.1) is 11.6 Å². The van der Waals surface area contributed by atoms with Gasteiger partial charge in [0.2, 0.25) is 0 Å². The van der Waals surface area contributed by atoms with Crippen LogP contribution in [0.15, 0.2) is 96.6 Å². The van der Waals surface area contributed by atoms with E-state index in [4.69, 9.17) is 0 Å². The third-order valence-electron chi connectivity index (χ3n) is 7.66. The number of carbonyl (C=O) groups excluding carboxylic acids is 2. The quantitative estimate of drug-likeness (QED) is 0.157. The number of Topliss-reactive ketones (excluding diaryl/α,β-unsaturated/α-hetero) is 1. The van der Waals surface area contributed by atoms with Gasteiger partial charge in [-0.2, -0.15) is 0 Å². The largest absolute Gasteiger partial charge is 0.507 e. The molecule has 1 atom stereocenters. The molecule has 1 N–H and O–H groups in total. The van der Waals surface area contributed by atoms with E-state index in [9.17, 15) is 14.7 Å². The summed E-state index contributed by atoms with van der Waals surface area (Å²) in [4.78, 5) is 31.0. The summed E-state index contributed by atoms with van der Waals surface area (Å²) in [5, 5.41) is 13.5. The van der Waals surface area contributed by atoms with Crippen molar-refractivity contribution in [3.63, 3.8) is 0 Å². The second-order valence-corrected chi connectivity index (χ2v) is 10.2. The Balaban J connectivity index is 1.71. The smallest absolute Gasteiger partial charge is 0.300 e. The Bertz CT molecular complexity index is 1540. The number of hydrogen-bond acceptors (Lipinski definition) is 4. The van der Waals surface area contributed by atoms with Crippen LogP contribution in [0.3, 0.4) is 0 Å². The maximum absolute atomic E-state index is 13.6. The van der Waals surface area contributed by atoms with Crippen LogP contribution in [0.25, 0.3) is 16.5 Å². The van der Waals surface area contributed by atoms with Gasteiger partial charge in [-0.15, -0.1) is 0 Å². The van der Waals surface area contributed by atoms with Gasteiger partial charge < -0.3 is 10.0 Å². The van der Waals surface area contributed by atoms with Crippen molar-refractivity contribution in [2.75, 3.05) is 22.9 Å². The number of aliphatic hydroxyl groups is 1. The zero-order valence-corrected chi connectivity index (χ0v) is 22.9. The minimum absolute atomic E-state index is 0.0971. The van der Waals surface area contributed by atoms with Gasteiger partial charge >= 0.3 is 0 Å². The molecule has 1 amide bonds. The van der Waals surface area contributed by atoms with Gasteiger partial charge in [-0.05, 0) is 65.9 Å². The highest BCUT2D eigenvalue weighted by Crippen LogP contribution is 2.43. The van der Waals surface area contributed by atoms with Gasteiger partial charge in [0.15, 0.2) is 0 Å². The van der Waals surface area contributed by atoms with Crippen LogP contribution in [0.5, 0.6) is 0 Å². The van der Waals surface area contributed by atoms with Crippen molar-refractivity contribution in [3.05, 3.63) is 113 Å². The molecule has 5 nitrogen and oxygen atoms in total. The minimum atomic E-state index is -0.764. The average Bonchev–Trinajstić information content (AvgIpc) is 3.23.